The van der Waals surface area contributed by atoms with Gasteiger partial charge in [0, 0.05) is 5.56 Å². The highest BCUT2D eigenvalue weighted by molar-refractivity contribution is 6.07. The summed E-state index contributed by atoms with van der Waals surface area (Å²) in [6.45, 7) is 9.44. The minimum absolute atomic E-state index is 0.157. The van der Waals surface area contributed by atoms with Crippen LogP contribution in [0.25, 0.3) is 0 Å². The van der Waals surface area contributed by atoms with E-state index < -0.39 is 5.54 Å². The van der Waals surface area contributed by atoms with Crippen LogP contribution >= 0.6 is 0 Å². The topological polar surface area (TPSA) is 58.3 Å². The fraction of sp³-hybridized carbons (Fsp3) is 0.391. The number of carbonyl (C=O) groups is 2. The Balaban J connectivity index is 1.35. The van der Waals surface area contributed by atoms with E-state index in [1.54, 1.807) is 11.8 Å². The standard InChI is InChI=1S/C23H28N4O2/c1-18-8-6-7-9-19(18)16-25-12-14-26(15-13-25)17-27-21(28)23(2,24-22(27)29)20-10-4-3-5-11-20/h3-11H,12-17H2,1-2H3,(H,24,29)/p+2/t23-/m0/s1. The van der Waals surface area contributed by atoms with Gasteiger partial charge in [0.25, 0.3) is 5.91 Å². The Hall–Kier alpha value is -2.70. The van der Waals surface area contributed by atoms with Crippen molar-refractivity contribution in [2.75, 3.05) is 32.8 Å². The SMILES string of the molecule is Cc1ccccc1C[NH+]1CC[NH+](CN2C(=O)N[C@@](C)(c3ccccc3)C2=O)CC1. The third-order valence-electron chi connectivity index (χ3n) is 6.37. The molecule has 2 aromatic rings. The lowest BCUT2D eigenvalue weighted by Crippen LogP contribution is -3.28. The van der Waals surface area contributed by atoms with E-state index in [9.17, 15) is 9.59 Å². The van der Waals surface area contributed by atoms with Crippen LogP contribution in [0, 0.1) is 6.92 Å². The maximum absolute atomic E-state index is 13.1. The van der Waals surface area contributed by atoms with Gasteiger partial charge in [0.1, 0.15) is 38.3 Å². The maximum Gasteiger partial charge on any atom is 0.329 e. The molecule has 2 aliphatic heterocycles. The van der Waals surface area contributed by atoms with Crippen LogP contribution in [0.5, 0.6) is 0 Å². The number of nitrogens with zero attached hydrogens (tertiary/aromatic N) is 1. The molecule has 2 aliphatic rings. The predicted molar refractivity (Wildman–Crippen MR) is 110 cm³/mol. The fourth-order valence-electron chi connectivity index (χ4n) is 4.40. The number of carbonyl (C=O) groups excluding carboxylic acids is 2. The summed E-state index contributed by atoms with van der Waals surface area (Å²) >= 11 is 0. The van der Waals surface area contributed by atoms with Crippen molar-refractivity contribution >= 4 is 11.9 Å². The molecule has 0 saturated carbocycles. The Kier molecular flexibility index (Phi) is 5.39. The molecule has 3 N–H and O–H groups in total. The van der Waals surface area contributed by atoms with Gasteiger partial charge in [-0.25, -0.2) is 9.69 Å². The van der Waals surface area contributed by atoms with E-state index in [2.05, 4.69) is 36.5 Å². The van der Waals surface area contributed by atoms with Gasteiger partial charge in [0.15, 0.2) is 6.67 Å². The summed E-state index contributed by atoms with van der Waals surface area (Å²) in [6.07, 6.45) is 0. The highest BCUT2D eigenvalue weighted by atomic mass is 16.2. The number of nitrogens with one attached hydrogen (secondary N) is 3. The monoisotopic (exact) mass is 394 g/mol. The molecule has 2 heterocycles. The molecule has 2 fully saturated rings. The van der Waals surface area contributed by atoms with E-state index in [1.165, 1.54) is 20.9 Å². The Morgan fingerprint density at radius 3 is 2.24 bits per heavy atom. The van der Waals surface area contributed by atoms with Crippen molar-refractivity contribution in [3.8, 4) is 0 Å². The minimum atomic E-state index is -0.976. The van der Waals surface area contributed by atoms with Crippen molar-refractivity contribution in [2.45, 2.75) is 25.9 Å². The summed E-state index contributed by atoms with van der Waals surface area (Å²) in [6, 6.07) is 17.7. The molecule has 6 nitrogen and oxygen atoms in total. The molecule has 3 amide bonds. The zero-order chi connectivity index (χ0) is 20.4. The lowest BCUT2D eigenvalue weighted by molar-refractivity contribution is -1.02. The third-order valence-corrected chi connectivity index (χ3v) is 6.37. The number of hydrogen-bond acceptors (Lipinski definition) is 2. The van der Waals surface area contributed by atoms with E-state index in [0.29, 0.717) is 6.67 Å². The van der Waals surface area contributed by atoms with Gasteiger partial charge in [-0.15, -0.1) is 0 Å². The number of quaternary nitrogens is 2. The summed E-state index contributed by atoms with van der Waals surface area (Å²) in [7, 11) is 0. The maximum atomic E-state index is 13.1. The van der Waals surface area contributed by atoms with Crippen molar-refractivity contribution < 1.29 is 19.4 Å². The third kappa shape index (κ3) is 3.91. The molecule has 0 radical (unpaired) electrons. The predicted octanol–water partition coefficient (Wildman–Crippen LogP) is -0.297. The molecule has 0 spiro atoms. The molecular formula is C23H30N4O2+2. The van der Waals surface area contributed by atoms with Gasteiger partial charge in [-0.05, 0) is 25.0 Å². The van der Waals surface area contributed by atoms with Gasteiger partial charge in [-0.1, -0.05) is 54.6 Å². The summed E-state index contributed by atoms with van der Waals surface area (Å²) < 4.78 is 0. The Labute approximate surface area is 172 Å². The first-order valence-corrected chi connectivity index (χ1v) is 10.4. The van der Waals surface area contributed by atoms with Gasteiger partial charge in [0.2, 0.25) is 0 Å². The average Bonchev–Trinajstić information content (AvgIpc) is 2.96. The second-order valence-electron chi connectivity index (χ2n) is 8.42. The largest absolute Gasteiger partial charge is 0.329 e. The quantitative estimate of drug-likeness (QED) is 0.610. The molecule has 2 saturated heterocycles. The van der Waals surface area contributed by atoms with E-state index in [1.807, 2.05) is 30.3 Å². The van der Waals surface area contributed by atoms with Gasteiger partial charge < -0.3 is 15.1 Å². The number of imide groups is 1. The second-order valence-corrected chi connectivity index (χ2v) is 8.42. The van der Waals surface area contributed by atoms with Crippen LogP contribution in [0.1, 0.15) is 23.6 Å². The molecule has 29 heavy (non-hydrogen) atoms. The first-order valence-electron chi connectivity index (χ1n) is 10.4. The number of rotatable bonds is 5. The number of piperazine rings is 1. The Bertz CT molecular complexity index is 893. The Morgan fingerprint density at radius 1 is 0.931 bits per heavy atom. The average molecular weight is 395 g/mol. The molecule has 6 heteroatoms. The Morgan fingerprint density at radius 2 is 1.55 bits per heavy atom. The molecule has 4 rings (SSSR count). The van der Waals surface area contributed by atoms with Crippen LogP contribution in [0.2, 0.25) is 0 Å². The van der Waals surface area contributed by atoms with E-state index in [4.69, 9.17) is 0 Å². The molecule has 2 aromatic carbocycles. The smallest absolute Gasteiger partial charge is 0.322 e. The highest BCUT2D eigenvalue weighted by Gasteiger charge is 2.50. The van der Waals surface area contributed by atoms with Gasteiger partial charge in [-0.2, -0.15) is 0 Å². The second kappa shape index (κ2) is 7.97. The van der Waals surface area contributed by atoms with Crippen LogP contribution in [0.3, 0.4) is 0 Å². The van der Waals surface area contributed by atoms with Crippen LogP contribution in [-0.2, 0) is 16.9 Å². The lowest BCUT2D eigenvalue weighted by atomic mass is 9.92. The van der Waals surface area contributed by atoms with Crippen LogP contribution in [0.15, 0.2) is 54.6 Å². The zero-order valence-corrected chi connectivity index (χ0v) is 17.2. The lowest BCUT2D eigenvalue weighted by Gasteiger charge is -2.31. The first kappa shape index (κ1) is 19.6. The van der Waals surface area contributed by atoms with Crippen molar-refractivity contribution in [1.82, 2.24) is 10.2 Å². The molecule has 0 unspecified atom stereocenters. The number of hydrogen-bond donors (Lipinski definition) is 3. The van der Waals surface area contributed by atoms with Gasteiger partial charge in [0.05, 0.1) is 0 Å². The van der Waals surface area contributed by atoms with Crippen LogP contribution in [-0.4, -0.2) is 49.7 Å². The number of benzene rings is 2. The van der Waals surface area contributed by atoms with E-state index in [-0.39, 0.29) is 11.9 Å². The van der Waals surface area contributed by atoms with Gasteiger partial charge >= 0.3 is 6.03 Å². The summed E-state index contributed by atoms with van der Waals surface area (Å²) in [4.78, 5) is 29.9. The minimum Gasteiger partial charge on any atom is -0.322 e. The van der Waals surface area contributed by atoms with Crippen LogP contribution in [0.4, 0.5) is 4.79 Å². The summed E-state index contributed by atoms with van der Waals surface area (Å²) in [5, 5.41) is 2.90. The molecule has 1 atom stereocenters. The first-order chi connectivity index (χ1) is 14.0. The van der Waals surface area contributed by atoms with Crippen molar-refractivity contribution in [2.24, 2.45) is 0 Å². The fourth-order valence-corrected chi connectivity index (χ4v) is 4.40. The number of urea groups is 1. The normalized spacial score (nSPS) is 27.2. The van der Waals surface area contributed by atoms with Crippen molar-refractivity contribution in [3.05, 3.63) is 71.3 Å². The van der Waals surface area contributed by atoms with Gasteiger partial charge in [-0.3, -0.25) is 4.79 Å². The van der Waals surface area contributed by atoms with Crippen molar-refractivity contribution in [1.29, 1.82) is 0 Å². The number of amides is 3. The molecule has 0 bridgehead atoms. The zero-order valence-electron chi connectivity index (χ0n) is 17.2. The summed E-state index contributed by atoms with van der Waals surface area (Å²) in [5.41, 5.74) is 2.59. The molecule has 0 aliphatic carbocycles. The van der Waals surface area contributed by atoms with E-state index in [0.717, 1.165) is 38.3 Å². The van der Waals surface area contributed by atoms with E-state index >= 15 is 0 Å². The highest BCUT2D eigenvalue weighted by Crippen LogP contribution is 2.27. The van der Waals surface area contributed by atoms with Crippen LogP contribution < -0.4 is 15.1 Å². The van der Waals surface area contributed by atoms with Crippen molar-refractivity contribution in [3.63, 3.8) is 0 Å². The molecular weight excluding hydrogens is 364 g/mol. The summed E-state index contributed by atoms with van der Waals surface area (Å²) in [5.74, 6) is -0.157. The number of aryl methyl sites for hydroxylation is 1. The molecule has 152 valence electrons. The molecule has 0 aromatic heterocycles.